The van der Waals surface area contributed by atoms with Crippen molar-refractivity contribution in [2.75, 3.05) is 49.5 Å². The largest absolute Gasteiger partial charge is 0.369 e. The molecule has 0 atom stereocenters. The molecule has 1 aromatic carbocycles. The molecular formula is C22H24N4O3S2. The monoisotopic (exact) mass is 456 g/mol. The van der Waals surface area contributed by atoms with E-state index < -0.39 is 17.1 Å². The first-order chi connectivity index (χ1) is 15.0. The molecule has 2 fully saturated rings. The summed E-state index contributed by atoms with van der Waals surface area (Å²) >= 11 is 2.35. The maximum absolute atomic E-state index is 12.5. The van der Waals surface area contributed by atoms with Gasteiger partial charge in [0.05, 0.1) is 4.91 Å². The predicted molar refractivity (Wildman–Crippen MR) is 126 cm³/mol. The zero-order valence-electron chi connectivity index (χ0n) is 17.2. The molecule has 0 saturated carbocycles. The Balaban J connectivity index is 1.32. The third-order valence-electron chi connectivity index (χ3n) is 5.33. The van der Waals surface area contributed by atoms with Gasteiger partial charge in [0.15, 0.2) is 0 Å². The second-order valence-electron chi connectivity index (χ2n) is 7.30. The maximum Gasteiger partial charge on any atom is 0.294 e. The standard InChI is InChI=1S/C22H24N4O3S2/c1-2-24-9-11-25(12-10-24)17-7-5-16(6-8-17)23-20(27)15-26-21(28)19(31-22(26)29)14-18-4-3-13-30-18/h3-8,13-14H,2,9-12,15H2,1H3,(H,23,27)/b19-14-. The van der Waals surface area contributed by atoms with E-state index in [9.17, 15) is 14.4 Å². The zero-order chi connectivity index (χ0) is 21.8. The highest BCUT2D eigenvalue weighted by Gasteiger charge is 2.36. The highest BCUT2D eigenvalue weighted by atomic mass is 32.2. The van der Waals surface area contributed by atoms with Crippen molar-refractivity contribution in [3.8, 4) is 0 Å². The molecule has 31 heavy (non-hydrogen) atoms. The molecule has 1 N–H and O–H groups in total. The van der Waals surface area contributed by atoms with Gasteiger partial charge in [-0.05, 0) is 60.1 Å². The number of nitrogens with zero attached hydrogens (tertiary/aromatic N) is 3. The van der Waals surface area contributed by atoms with Crippen molar-refractivity contribution in [3.05, 3.63) is 51.6 Å². The number of anilines is 2. The Morgan fingerprint density at radius 1 is 1.10 bits per heavy atom. The number of rotatable bonds is 6. The van der Waals surface area contributed by atoms with Crippen LogP contribution in [-0.4, -0.2) is 66.1 Å². The van der Waals surface area contributed by atoms with Crippen molar-refractivity contribution in [3.63, 3.8) is 0 Å². The Hall–Kier alpha value is -2.62. The lowest BCUT2D eigenvalue weighted by Crippen LogP contribution is -2.46. The van der Waals surface area contributed by atoms with Crippen LogP contribution in [0.15, 0.2) is 46.7 Å². The van der Waals surface area contributed by atoms with E-state index in [1.54, 1.807) is 6.08 Å². The summed E-state index contributed by atoms with van der Waals surface area (Å²) in [5.74, 6) is -0.830. The summed E-state index contributed by atoms with van der Waals surface area (Å²) in [6.45, 7) is 7.02. The molecule has 3 heterocycles. The highest BCUT2D eigenvalue weighted by Crippen LogP contribution is 2.32. The highest BCUT2D eigenvalue weighted by molar-refractivity contribution is 8.18. The molecule has 2 aromatic rings. The van der Waals surface area contributed by atoms with Crippen molar-refractivity contribution in [2.45, 2.75) is 6.92 Å². The average molecular weight is 457 g/mol. The zero-order valence-corrected chi connectivity index (χ0v) is 18.9. The van der Waals surface area contributed by atoms with Gasteiger partial charge < -0.3 is 15.1 Å². The van der Waals surface area contributed by atoms with Crippen LogP contribution in [0.5, 0.6) is 0 Å². The summed E-state index contributed by atoms with van der Waals surface area (Å²) in [7, 11) is 0. The number of carbonyl (C=O) groups excluding carboxylic acids is 3. The first kappa shape index (κ1) is 21.6. The Bertz CT molecular complexity index is 981. The van der Waals surface area contributed by atoms with E-state index in [0.29, 0.717) is 10.6 Å². The van der Waals surface area contributed by atoms with Crippen LogP contribution >= 0.6 is 23.1 Å². The Kier molecular flexibility index (Phi) is 6.74. The van der Waals surface area contributed by atoms with E-state index in [2.05, 4.69) is 22.0 Å². The van der Waals surface area contributed by atoms with Gasteiger partial charge in [-0.2, -0.15) is 0 Å². The van der Waals surface area contributed by atoms with Crippen molar-refractivity contribution in [1.29, 1.82) is 0 Å². The summed E-state index contributed by atoms with van der Waals surface area (Å²) in [6.07, 6.45) is 1.69. The summed E-state index contributed by atoms with van der Waals surface area (Å²) in [5, 5.41) is 4.25. The molecule has 2 aliphatic heterocycles. The smallest absolute Gasteiger partial charge is 0.294 e. The van der Waals surface area contributed by atoms with E-state index >= 15 is 0 Å². The Morgan fingerprint density at radius 2 is 1.84 bits per heavy atom. The number of hydrogen-bond donors (Lipinski definition) is 1. The van der Waals surface area contributed by atoms with Crippen LogP contribution in [0.4, 0.5) is 16.2 Å². The third-order valence-corrected chi connectivity index (χ3v) is 7.05. The SMILES string of the molecule is CCN1CCN(c2ccc(NC(=O)CN3C(=O)S/C(=C\c4cccs4)C3=O)cc2)CC1. The topological polar surface area (TPSA) is 73.0 Å². The number of imide groups is 1. The fourth-order valence-electron chi connectivity index (χ4n) is 3.56. The fraction of sp³-hybridized carbons (Fsp3) is 0.318. The Labute approximate surface area is 189 Å². The van der Waals surface area contributed by atoms with Crippen LogP contribution in [0.3, 0.4) is 0 Å². The average Bonchev–Trinajstić information content (AvgIpc) is 3.38. The lowest BCUT2D eigenvalue weighted by Gasteiger charge is -2.35. The van der Waals surface area contributed by atoms with Gasteiger partial charge in [-0.3, -0.25) is 19.3 Å². The second kappa shape index (κ2) is 9.67. The molecule has 0 aliphatic carbocycles. The van der Waals surface area contributed by atoms with Crippen LogP contribution in [0.1, 0.15) is 11.8 Å². The van der Waals surface area contributed by atoms with Crippen LogP contribution < -0.4 is 10.2 Å². The van der Waals surface area contributed by atoms with Gasteiger partial charge in [0.2, 0.25) is 5.91 Å². The van der Waals surface area contributed by atoms with Crippen molar-refractivity contribution in [2.24, 2.45) is 0 Å². The minimum Gasteiger partial charge on any atom is -0.369 e. The lowest BCUT2D eigenvalue weighted by molar-refractivity contribution is -0.127. The number of piperazine rings is 1. The number of carbonyl (C=O) groups is 3. The van der Waals surface area contributed by atoms with Crippen molar-refractivity contribution < 1.29 is 14.4 Å². The molecule has 4 rings (SSSR count). The molecule has 0 bridgehead atoms. The minimum absolute atomic E-state index is 0.298. The summed E-state index contributed by atoms with van der Waals surface area (Å²) in [5.41, 5.74) is 1.76. The minimum atomic E-state index is -0.430. The molecule has 0 radical (unpaired) electrons. The van der Waals surface area contributed by atoms with E-state index in [1.165, 1.54) is 11.3 Å². The lowest BCUT2D eigenvalue weighted by atomic mass is 10.2. The van der Waals surface area contributed by atoms with E-state index in [1.807, 2.05) is 41.8 Å². The van der Waals surface area contributed by atoms with Crippen molar-refractivity contribution in [1.82, 2.24) is 9.80 Å². The van der Waals surface area contributed by atoms with Gasteiger partial charge in [0.25, 0.3) is 11.1 Å². The molecule has 1 aromatic heterocycles. The number of amides is 3. The summed E-state index contributed by atoms with van der Waals surface area (Å²) in [6, 6.07) is 11.4. The van der Waals surface area contributed by atoms with Gasteiger partial charge in [-0.25, -0.2) is 0 Å². The molecule has 0 unspecified atom stereocenters. The van der Waals surface area contributed by atoms with Gasteiger partial charge >= 0.3 is 0 Å². The number of likely N-dealkylation sites (N-methyl/N-ethyl adjacent to an activating group) is 1. The first-order valence-corrected chi connectivity index (χ1v) is 11.9. The molecule has 2 saturated heterocycles. The predicted octanol–water partition coefficient (Wildman–Crippen LogP) is 3.57. The Morgan fingerprint density at radius 3 is 2.48 bits per heavy atom. The van der Waals surface area contributed by atoms with Gasteiger partial charge in [0.1, 0.15) is 6.54 Å². The normalized spacial score (nSPS) is 18.8. The molecule has 9 heteroatoms. The van der Waals surface area contributed by atoms with Gasteiger partial charge in [-0.15, -0.1) is 11.3 Å². The first-order valence-electron chi connectivity index (χ1n) is 10.2. The maximum atomic E-state index is 12.5. The van der Waals surface area contributed by atoms with E-state index in [4.69, 9.17) is 0 Å². The van der Waals surface area contributed by atoms with Crippen LogP contribution in [-0.2, 0) is 9.59 Å². The summed E-state index contributed by atoms with van der Waals surface area (Å²) in [4.78, 5) is 44.2. The number of nitrogens with one attached hydrogen (secondary N) is 1. The van der Waals surface area contributed by atoms with E-state index in [-0.39, 0.29) is 6.54 Å². The van der Waals surface area contributed by atoms with Crippen LogP contribution in [0.2, 0.25) is 0 Å². The van der Waals surface area contributed by atoms with Gasteiger partial charge in [0, 0.05) is 42.4 Å². The van der Waals surface area contributed by atoms with Crippen LogP contribution in [0.25, 0.3) is 6.08 Å². The molecule has 2 aliphatic rings. The van der Waals surface area contributed by atoms with Gasteiger partial charge in [-0.1, -0.05) is 13.0 Å². The number of thioether (sulfide) groups is 1. The molecule has 0 spiro atoms. The molecule has 7 nitrogen and oxygen atoms in total. The third kappa shape index (κ3) is 5.17. The van der Waals surface area contributed by atoms with E-state index in [0.717, 1.165) is 60.0 Å². The fourth-order valence-corrected chi connectivity index (χ4v) is 5.12. The number of hydrogen-bond acceptors (Lipinski definition) is 7. The molecule has 3 amide bonds. The second-order valence-corrected chi connectivity index (χ2v) is 9.27. The van der Waals surface area contributed by atoms with Crippen LogP contribution in [0, 0.1) is 0 Å². The molecular weight excluding hydrogens is 432 g/mol. The van der Waals surface area contributed by atoms with Crippen molar-refractivity contribution >= 4 is 57.6 Å². The number of thiophene rings is 1. The summed E-state index contributed by atoms with van der Waals surface area (Å²) < 4.78 is 0. The quantitative estimate of drug-likeness (QED) is 0.670. The molecule has 162 valence electrons. The number of benzene rings is 1.